The maximum absolute atomic E-state index is 4.37. The second kappa shape index (κ2) is 5.39. The minimum Gasteiger partial charge on any atom is -0.352 e. The van der Waals surface area contributed by atoms with E-state index < -0.39 is 0 Å². The number of hydrogen-bond acceptors (Lipinski definition) is 3. The Morgan fingerprint density at radius 1 is 0.895 bits per heavy atom. The Hall–Kier alpha value is -1.90. The lowest BCUT2D eigenvalue weighted by atomic mass is 9.97. The first-order valence-electron chi connectivity index (χ1n) is 6.64. The van der Waals surface area contributed by atoms with Gasteiger partial charge in [-0.25, -0.2) is 9.97 Å². The molecule has 0 unspecified atom stereocenters. The van der Waals surface area contributed by atoms with Crippen LogP contribution in [0.3, 0.4) is 0 Å². The predicted molar refractivity (Wildman–Crippen MR) is 80.4 cm³/mol. The fourth-order valence-electron chi connectivity index (χ4n) is 2.07. The highest BCUT2D eigenvalue weighted by molar-refractivity contribution is 5.67. The molecule has 0 fully saturated rings. The average molecular weight is 255 g/mol. The normalized spacial score (nSPS) is 10.8. The first kappa shape index (κ1) is 13.5. The van der Waals surface area contributed by atoms with Crippen LogP contribution in [0.4, 0.5) is 5.95 Å². The molecular formula is C16H21N3. The molecule has 0 saturated heterocycles. The molecule has 0 atom stereocenters. The summed E-state index contributed by atoms with van der Waals surface area (Å²) in [5.74, 6) is 0.681. The topological polar surface area (TPSA) is 37.8 Å². The van der Waals surface area contributed by atoms with Crippen LogP contribution in [-0.4, -0.2) is 16.0 Å². The van der Waals surface area contributed by atoms with Crippen molar-refractivity contribution >= 4 is 5.95 Å². The zero-order chi connectivity index (χ0) is 14.0. The highest BCUT2D eigenvalue weighted by Crippen LogP contribution is 2.25. The highest BCUT2D eigenvalue weighted by Gasteiger charge is 2.06. The molecule has 2 aromatic rings. The van der Waals surface area contributed by atoms with Gasteiger partial charge in [0.25, 0.3) is 0 Å². The molecule has 100 valence electrons. The average Bonchev–Trinajstić information content (AvgIpc) is 2.34. The summed E-state index contributed by atoms with van der Waals surface area (Å²) in [5, 5.41) is 3.20. The molecule has 1 heterocycles. The van der Waals surface area contributed by atoms with E-state index in [1.807, 2.05) is 12.4 Å². The molecule has 0 aliphatic heterocycles. The Bertz CT molecular complexity index is 571. The summed E-state index contributed by atoms with van der Waals surface area (Å²) in [6.07, 6.45) is 3.77. The quantitative estimate of drug-likeness (QED) is 0.904. The molecule has 0 spiro atoms. The molecule has 0 aliphatic carbocycles. The maximum atomic E-state index is 4.37. The van der Waals surface area contributed by atoms with Gasteiger partial charge in [0.05, 0.1) is 0 Å². The Labute approximate surface area is 115 Å². The van der Waals surface area contributed by atoms with Crippen molar-refractivity contribution in [3.63, 3.8) is 0 Å². The molecule has 1 aromatic carbocycles. The third kappa shape index (κ3) is 3.11. The third-order valence-corrected chi connectivity index (χ3v) is 3.22. The number of aromatic nitrogens is 2. The maximum Gasteiger partial charge on any atom is 0.222 e. The van der Waals surface area contributed by atoms with Gasteiger partial charge in [-0.05, 0) is 56.9 Å². The van der Waals surface area contributed by atoms with E-state index in [9.17, 15) is 0 Å². The van der Waals surface area contributed by atoms with Crippen molar-refractivity contribution in [3.05, 3.63) is 41.2 Å². The van der Waals surface area contributed by atoms with Crippen molar-refractivity contribution < 1.29 is 0 Å². The molecular weight excluding hydrogens is 234 g/mol. The lowest BCUT2D eigenvalue weighted by molar-refractivity contribution is 0.874. The third-order valence-electron chi connectivity index (χ3n) is 3.22. The van der Waals surface area contributed by atoms with Crippen LogP contribution in [0, 0.1) is 20.8 Å². The Morgan fingerprint density at radius 2 is 1.47 bits per heavy atom. The van der Waals surface area contributed by atoms with Crippen molar-refractivity contribution in [2.75, 3.05) is 5.32 Å². The van der Waals surface area contributed by atoms with Gasteiger partial charge in [-0.2, -0.15) is 0 Å². The zero-order valence-electron chi connectivity index (χ0n) is 12.3. The van der Waals surface area contributed by atoms with E-state index in [0.29, 0.717) is 12.0 Å². The van der Waals surface area contributed by atoms with Crippen LogP contribution >= 0.6 is 0 Å². The lowest BCUT2D eigenvalue weighted by Gasteiger charge is -2.11. The lowest BCUT2D eigenvalue weighted by Crippen LogP contribution is -2.12. The molecule has 3 nitrogen and oxygen atoms in total. The summed E-state index contributed by atoms with van der Waals surface area (Å²) in [4.78, 5) is 8.73. The van der Waals surface area contributed by atoms with E-state index in [2.05, 4.69) is 62.0 Å². The first-order valence-corrected chi connectivity index (χ1v) is 6.64. The largest absolute Gasteiger partial charge is 0.352 e. The number of anilines is 1. The van der Waals surface area contributed by atoms with E-state index in [-0.39, 0.29) is 0 Å². The molecule has 1 aromatic heterocycles. The van der Waals surface area contributed by atoms with Crippen LogP contribution in [0.15, 0.2) is 24.5 Å². The zero-order valence-corrected chi connectivity index (χ0v) is 12.3. The van der Waals surface area contributed by atoms with Gasteiger partial charge in [-0.3, -0.25) is 0 Å². The number of hydrogen-bond donors (Lipinski definition) is 1. The van der Waals surface area contributed by atoms with Crippen molar-refractivity contribution in [3.8, 4) is 11.1 Å². The van der Waals surface area contributed by atoms with Crippen molar-refractivity contribution in [1.82, 2.24) is 9.97 Å². The molecule has 2 rings (SSSR count). The number of aryl methyl sites for hydroxylation is 3. The van der Waals surface area contributed by atoms with Gasteiger partial charge in [0.1, 0.15) is 0 Å². The smallest absolute Gasteiger partial charge is 0.222 e. The number of nitrogens with one attached hydrogen (secondary N) is 1. The van der Waals surface area contributed by atoms with Crippen LogP contribution in [0.5, 0.6) is 0 Å². The van der Waals surface area contributed by atoms with E-state index in [1.54, 1.807) is 0 Å². The summed E-state index contributed by atoms with van der Waals surface area (Å²) >= 11 is 0. The van der Waals surface area contributed by atoms with E-state index >= 15 is 0 Å². The van der Waals surface area contributed by atoms with Crippen molar-refractivity contribution in [1.29, 1.82) is 0 Å². The van der Waals surface area contributed by atoms with Crippen molar-refractivity contribution in [2.45, 2.75) is 40.7 Å². The van der Waals surface area contributed by atoms with Gasteiger partial charge in [0, 0.05) is 24.0 Å². The molecule has 0 saturated carbocycles. The number of nitrogens with zero attached hydrogens (tertiary/aromatic N) is 2. The first-order chi connectivity index (χ1) is 8.97. The van der Waals surface area contributed by atoms with Gasteiger partial charge in [0.2, 0.25) is 5.95 Å². The molecule has 0 bridgehead atoms. The van der Waals surface area contributed by atoms with E-state index in [4.69, 9.17) is 0 Å². The van der Waals surface area contributed by atoms with Gasteiger partial charge >= 0.3 is 0 Å². The fraction of sp³-hybridized carbons (Fsp3) is 0.375. The molecule has 1 N–H and O–H groups in total. The summed E-state index contributed by atoms with van der Waals surface area (Å²) in [7, 11) is 0. The highest BCUT2D eigenvalue weighted by atomic mass is 15.1. The summed E-state index contributed by atoms with van der Waals surface area (Å²) in [6, 6.07) is 4.76. The standard InChI is InChI=1S/C16H21N3/c1-10(2)19-16-17-8-14(9-18-16)15-7-12(4)11(3)6-13(15)5/h6-10H,1-5H3,(H,17,18,19). The van der Waals surface area contributed by atoms with Crippen LogP contribution in [0.2, 0.25) is 0 Å². The molecule has 0 radical (unpaired) electrons. The minimum atomic E-state index is 0.342. The van der Waals surface area contributed by atoms with Gasteiger partial charge in [0.15, 0.2) is 0 Å². The predicted octanol–water partition coefficient (Wildman–Crippen LogP) is 3.89. The fourth-order valence-corrected chi connectivity index (χ4v) is 2.07. The van der Waals surface area contributed by atoms with Gasteiger partial charge in [-0.15, -0.1) is 0 Å². The minimum absolute atomic E-state index is 0.342. The van der Waals surface area contributed by atoms with Crippen LogP contribution in [0.1, 0.15) is 30.5 Å². The van der Waals surface area contributed by atoms with Crippen LogP contribution in [-0.2, 0) is 0 Å². The van der Waals surface area contributed by atoms with Crippen molar-refractivity contribution in [2.24, 2.45) is 0 Å². The second-order valence-corrected chi connectivity index (χ2v) is 5.35. The van der Waals surface area contributed by atoms with E-state index in [0.717, 1.165) is 5.56 Å². The summed E-state index contributed by atoms with van der Waals surface area (Å²) in [6.45, 7) is 10.5. The van der Waals surface area contributed by atoms with Gasteiger partial charge < -0.3 is 5.32 Å². The van der Waals surface area contributed by atoms with Crippen LogP contribution in [0.25, 0.3) is 11.1 Å². The SMILES string of the molecule is Cc1cc(C)c(-c2cnc(NC(C)C)nc2)cc1C. The second-order valence-electron chi connectivity index (χ2n) is 5.35. The monoisotopic (exact) mass is 255 g/mol. The Morgan fingerprint density at radius 3 is 2.05 bits per heavy atom. The summed E-state index contributed by atoms with van der Waals surface area (Å²) < 4.78 is 0. The Balaban J connectivity index is 2.34. The van der Waals surface area contributed by atoms with Gasteiger partial charge in [-0.1, -0.05) is 12.1 Å². The molecule has 3 heteroatoms. The van der Waals surface area contributed by atoms with E-state index in [1.165, 1.54) is 22.3 Å². The molecule has 0 aliphatic rings. The molecule has 0 amide bonds. The summed E-state index contributed by atoms with van der Waals surface area (Å²) in [5.41, 5.74) is 6.15. The number of rotatable bonds is 3. The van der Waals surface area contributed by atoms with Crippen LogP contribution < -0.4 is 5.32 Å². The number of benzene rings is 1. The molecule has 19 heavy (non-hydrogen) atoms. The Kier molecular flexibility index (Phi) is 3.84.